The molecule has 4 nitrogen and oxygen atoms in total. The van der Waals surface area contributed by atoms with Crippen LogP contribution in [-0.4, -0.2) is 19.5 Å². The smallest absolute Gasteiger partial charge is 0.166 e. The molecule has 226 valence electrons. The monoisotopic (exact) mass is 622 g/mol. The molecule has 0 saturated heterocycles. The summed E-state index contributed by atoms with van der Waals surface area (Å²) >= 11 is 0. The van der Waals surface area contributed by atoms with Gasteiger partial charge in [-0.15, -0.1) is 0 Å². The molecule has 4 heteroatoms. The molecule has 1 aliphatic carbocycles. The number of para-hydroxylation sites is 1. The van der Waals surface area contributed by atoms with Crippen LogP contribution in [-0.2, 0) is 0 Å². The van der Waals surface area contributed by atoms with E-state index in [0.717, 1.165) is 22.4 Å². The Morgan fingerprint density at radius 2 is 0.755 bits per heavy atom. The lowest BCUT2D eigenvalue weighted by molar-refractivity contribution is 1.06. The van der Waals surface area contributed by atoms with Gasteiger partial charge in [-0.2, -0.15) is 0 Å². The maximum absolute atomic E-state index is 5.14. The summed E-state index contributed by atoms with van der Waals surface area (Å²) in [5, 5.41) is 10.3. The lowest BCUT2D eigenvalue weighted by atomic mass is 9.93. The first kappa shape index (κ1) is 26.4. The summed E-state index contributed by atoms with van der Waals surface area (Å²) < 4.78 is 2.43. The Morgan fingerprint density at radius 3 is 1.37 bits per heavy atom. The Bertz CT molecular complexity index is 2920. The molecule has 11 rings (SSSR count). The third-order valence-corrected chi connectivity index (χ3v) is 10.1. The van der Waals surface area contributed by atoms with Crippen molar-refractivity contribution in [3.05, 3.63) is 158 Å². The van der Waals surface area contributed by atoms with E-state index in [4.69, 9.17) is 15.0 Å². The summed E-state index contributed by atoms with van der Waals surface area (Å²) in [4.78, 5) is 15.3. The second kappa shape index (κ2) is 9.93. The van der Waals surface area contributed by atoms with E-state index in [1.807, 2.05) is 36.4 Å². The van der Waals surface area contributed by atoms with Crippen LogP contribution in [0.2, 0.25) is 0 Å². The summed E-state index contributed by atoms with van der Waals surface area (Å²) in [7, 11) is 0. The standard InChI is InChI=1S/C45H26N4/c1-3-11-30(12-4-1)43-46-44(31-13-5-2-6-14-31)48-45(47-43)34-17-7-8-20-35(34)49-36-25-23-28-16-10-19-33-32-18-9-15-27-21-22-29-24-26-37(49)42(40(29)38(27)32)41(36)39(28)33/h1-26H. The molecule has 0 bridgehead atoms. The van der Waals surface area contributed by atoms with Gasteiger partial charge < -0.3 is 4.57 Å². The van der Waals surface area contributed by atoms with Crippen LogP contribution in [0.15, 0.2) is 158 Å². The Balaban J connectivity index is 1.28. The Hall–Kier alpha value is -6.65. The number of hydrogen-bond acceptors (Lipinski definition) is 3. The molecule has 0 atom stereocenters. The van der Waals surface area contributed by atoms with Gasteiger partial charge >= 0.3 is 0 Å². The minimum atomic E-state index is 0.639. The predicted octanol–water partition coefficient (Wildman–Crippen LogP) is 11.4. The van der Waals surface area contributed by atoms with Crippen molar-refractivity contribution in [2.75, 3.05) is 0 Å². The first-order chi connectivity index (χ1) is 24.3. The highest BCUT2D eigenvalue weighted by Crippen LogP contribution is 2.50. The van der Waals surface area contributed by atoms with E-state index in [1.54, 1.807) is 0 Å². The minimum Gasteiger partial charge on any atom is -0.308 e. The van der Waals surface area contributed by atoms with Crippen LogP contribution in [0.5, 0.6) is 0 Å². The maximum atomic E-state index is 5.14. The van der Waals surface area contributed by atoms with Gasteiger partial charge in [0.25, 0.3) is 0 Å². The van der Waals surface area contributed by atoms with Gasteiger partial charge in [0.15, 0.2) is 17.5 Å². The fourth-order valence-electron chi connectivity index (χ4n) is 8.06. The third kappa shape index (κ3) is 3.71. The first-order valence-electron chi connectivity index (χ1n) is 16.6. The topological polar surface area (TPSA) is 43.6 Å². The molecule has 0 amide bonds. The molecule has 0 aliphatic heterocycles. The SMILES string of the molecule is c1ccc(-c2nc(-c3ccccc3)nc(-c3ccccc3-n3c4ccc5cccc6c5c4c4c5c(ccc7cccc-6c75)ccc43)n2)cc1. The zero-order chi connectivity index (χ0) is 32.1. The van der Waals surface area contributed by atoms with E-state index in [9.17, 15) is 0 Å². The van der Waals surface area contributed by atoms with Gasteiger partial charge in [-0.3, -0.25) is 0 Å². The quantitative estimate of drug-likeness (QED) is 0.183. The lowest BCUT2D eigenvalue weighted by Gasteiger charge is -2.16. The summed E-state index contributed by atoms with van der Waals surface area (Å²) in [6.45, 7) is 0. The van der Waals surface area contributed by atoms with Gasteiger partial charge in [0.1, 0.15) is 0 Å². The average Bonchev–Trinajstić information content (AvgIpc) is 3.45. The highest BCUT2D eigenvalue weighted by Gasteiger charge is 2.25. The molecule has 2 heterocycles. The van der Waals surface area contributed by atoms with Gasteiger partial charge in [0.2, 0.25) is 0 Å². The first-order valence-corrected chi connectivity index (χ1v) is 16.6. The molecule has 10 aromatic rings. The van der Waals surface area contributed by atoms with Crippen molar-refractivity contribution in [3.8, 4) is 51.0 Å². The molecule has 0 fully saturated rings. The molecule has 1 aliphatic rings. The molecule has 0 saturated carbocycles. The van der Waals surface area contributed by atoms with Crippen LogP contribution in [0.3, 0.4) is 0 Å². The second-order valence-electron chi connectivity index (χ2n) is 12.8. The van der Waals surface area contributed by atoms with Crippen molar-refractivity contribution in [3.63, 3.8) is 0 Å². The van der Waals surface area contributed by atoms with E-state index in [1.165, 1.54) is 65.3 Å². The van der Waals surface area contributed by atoms with Gasteiger partial charge in [-0.25, -0.2) is 15.0 Å². The molecular weight excluding hydrogens is 597 g/mol. The molecular formula is C45H26N4. The zero-order valence-corrected chi connectivity index (χ0v) is 26.3. The Labute approximate surface area is 281 Å². The molecule has 49 heavy (non-hydrogen) atoms. The van der Waals surface area contributed by atoms with Crippen LogP contribution >= 0.6 is 0 Å². The van der Waals surface area contributed by atoms with E-state index < -0.39 is 0 Å². The number of hydrogen-bond donors (Lipinski definition) is 0. The van der Waals surface area contributed by atoms with Crippen molar-refractivity contribution in [2.45, 2.75) is 0 Å². The van der Waals surface area contributed by atoms with Gasteiger partial charge in [-0.1, -0.05) is 133 Å². The summed E-state index contributed by atoms with van der Waals surface area (Å²) in [5.41, 5.74) is 8.79. The van der Waals surface area contributed by atoms with Gasteiger partial charge in [0, 0.05) is 32.8 Å². The van der Waals surface area contributed by atoms with Crippen LogP contribution in [0, 0.1) is 0 Å². The number of benzene rings is 8. The van der Waals surface area contributed by atoms with Crippen molar-refractivity contribution in [1.29, 1.82) is 0 Å². The van der Waals surface area contributed by atoms with Crippen molar-refractivity contribution in [2.24, 2.45) is 0 Å². The molecule has 0 unspecified atom stereocenters. The average molecular weight is 623 g/mol. The van der Waals surface area contributed by atoms with E-state index in [-0.39, 0.29) is 0 Å². The van der Waals surface area contributed by atoms with Crippen molar-refractivity contribution < 1.29 is 0 Å². The molecule has 0 radical (unpaired) electrons. The second-order valence-corrected chi connectivity index (χ2v) is 12.8. The molecule has 2 aromatic heterocycles. The maximum Gasteiger partial charge on any atom is 0.166 e. The molecule has 0 spiro atoms. The number of rotatable bonds is 4. The molecule has 8 aromatic carbocycles. The fourth-order valence-corrected chi connectivity index (χ4v) is 8.06. The number of nitrogens with zero attached hydrogens (tertiary/aromatic N) is 4. The van der Waals surface area contributed by atoms with Crippen molar-refractivity contribution in [1.82, 2.24) is 19.5 Å². The predicted molar refractivity (Wildman–Crippen MR) is 202 cm³/mol. The normalized spacial score (nSPS) is 12.1. The largest absolute Gasteiger partial charge is 0.308 e. The van der Waals surface area contributed by atoms with Crippen LogP contribution in [0.4, 0.5) is 0 Å². The lowest BCUT2D eigenvalue weighted by Crippen LogP contribution is -2.03. The van der Waals surface area contributed by atoms with Crippen LogP contribution in [0.25, 0.3) is 105 Å². The van der Waals surface area contributed by atoms with Gasteiger partial charge in [0.05, 0.1) is 16.7 Å². The van der Waals surface area contributed by atoms with E-state index >= 15 is 0 Å². The molecule has 0 N–H and O–H groups in total. The fraction of sp³-hybridized carbons (Fsp3) is 0. The zero-order valence-electron chi connectivity index (χ0n) is 26.3. The van der Waals surface area contributed by atoms with Crippen LogP contribution in [0.1, 0.15) is 0 Å². The third-order valence-electron chi connectivity index (χ3n) is 10.1. The summed E-state index contributed by atoms with van der Waals surface area (Å²) in [6, 6.07) is 56.0. The summed E-state index contributed by atoms with van der Waals surface area (Å²) in [6.07, 6.45) is 0. The number of aromatic nitrogens is 4. The van der Waals surface area contributed by atoms with Gasteiger partial charge in [-0.05, 0) is 62.3 Å². The van der Waals surface area contributed by atoms with E-state index in [2.05, 4.69) is 126 Å². The number of fused-ring (bicyclic) bond motifs is 1. The Kier molecular flexibility index (Phi) is 5.35. The van der Waals surface area contributed by atoms with Crippen LogP contribution < -0.4 is 0 Å². The highest BCUT2D eigenvalue weighted by atomic mass is 15.1. The van der Waals surface area contributed by atoms with E-state index in [0.29, 0.717) is 17.5 Å². The Morgan fingerprint density at radius 1 is 0.306 bits per heavy atom. The minimum absolute atomic E-state index is 0.639. The highest BCUT2D eigenvalue weighted by molar-refractivity contribution is 6.38. The summed E-state index contributed by atoms with van der Waals surface area (Å²) in [5.74, 6) is 1.94. The van der Waals surface area contributed by atoms with Crippen molar-refractivity contribution >= 4 is 54.1 Å².